The van der Waals surface area contributed by atoms with Crippen LogP contribution in [0.2, 0.25) is 0 Å². The second-order valence-electron chi connectivity index (χ2n) is 6.35. The molecule has 1 heteroatoms. The Labute approximate surface area is 116 Å². The molecule has 0 radical (unpaired) electrons. The fraction of sp³-hybridized carbons (Fsp3) is 0.444. The molecule has 0 saturated heterocycles. The van der Waals surface area contributed by atoms with Crippen molar-refractivity contribution in [3.63, 3.8) is 0 Å². The molecule has 1 aromatic heterocycles. The summed E-state index contributed by atoms with van der Waals surface area (Å²) in [5.74, 6) is 1.19. The van der Waals surface area contributed by atoms with E-state index in [1.807, 2.05) is 0 Å². The van der Waals surface area contributed by atoms with Gasteiger partial charge in [-0.05, 0) is 47.4 Å². The molecule has 1 N–H and O–H groups in total. The van der Waals surface area contributed by atoms with Crippen molar-refractivity contribution >= 4 is 0 Å². The fourth-order valence-electron chi connectivity index (χ4n) is 2.96. The third-order valence-electron chi connectivity index (χ3n) is 4.27. The largest absolute Gasteiger partial charge is 0.358 e. The molecule has 3 rings (SSSR count). The second-order valence-corrected chi connectivity index (χ2v) is 6.35. The van der Waals surface area contributed by atoms with Gasteiger partial charge in [0, 0.05) is 17.0 Å². The zero-order valence-corrected chi connectivity index (χ0v) is 12.4. The second kappa shape index (κ2) is 4.56. The van der Waals surface area contributed by atoms with Crippen LogP contribution in [-0.2, 0) is 12.8 Å². The highest BCUT2D eigenvalue weighted by Crippen LogP contribution is 2.36. The van der Waals surface area contributed by atoms with E-state index in [1.165, 1.54) is 46.5 Å². The van der Waals surface area contributed by atoms with Crippen LogP contribution in [0.4, 0.5) is 0 Å². The molecule has 1 nitrogen and oxygen atoms in total. The van der Waals surface area contributed by atoms with Gasteiger partial charge in [0.2, 0.25) is 0 Å². The number of hydrogen-bond donors (Lipinski definition) is 1. The van der Waals surface area contributed by atoms with E-state index in [0.717, 1.165) is 0 Å². The summed E-state index contributed by atoms with van der Waals surface area (Å²) in [5.41, 5.74) is 8.60. The van der Waals surface area contributed by atoms with Crippen LogP contribution in [0.25, 0.3) is 11.3 Å². The van der Waals surface area contributed by atoms with Crippen molar-refractivity contribution in [2.24, 2.45) is 0 Å². The molecule has 0 atom stereocenters. The van der Waals surface area contributed by atoms with Gasteiger partial charge in [0.05, 0.1) is 0 Å². The molecule has 0 fully saturated rings. The monoisotopic (exact) mass is 253 g/mol. The molecule has 0 bridgehead atoms. The zero-order valence-electron chi connectivity index (χ0n) is 12.4. The highest BCUT2D eigenvalue weighted by Gasteiger charge is 2.20. The normalized spacial score (nSPS) is 13.8. The van der Waals surface area contributed by atoms with Crippen LogP contribution >= 0.6 is 0 Å². The summed E-state index contributed by atoms with van der Waals surface area (Å²) < 4.78 is 0. The number of benzene rings is 1. The number of nitrogens with one attached hydrogen (secondary N) is 1. The Kier molecular flexibility index (Phi) is 3.00. The van der Waals surface area contributed by atoms with Gasteiger partial charge in [0.25, 0.3) is 0 Å². The average Bonchev–Trinajstić information content (AvgIpc) is 2.82. The Bertz CT molecular complexity index is 602. The van der Waals surface area contributed by atoms with E-state index in [1.54, 1.807) is 0 Å². The van der Waals surface area contributed by atoms with Gasteiger partial charge >= 0.3 is 0 Å². The van der Waals surface area contributed by atoms with E-state index in [9.17, 15) is 0 Å². The summed E-state index contributed by atoms with van der Waals surface area (Å²) in [7, 11) is 0. The van der Waals surface area contributed by atoms with Crippen molar-refractivity contribution in [3.05, 3.63) is 46.6 Å². The van der Waals surface area contributed by atoms with Gasteiger partial charge < -0.3 is 4.98 Å². The lowest BCUT2D eigenvalue weighted by molar-refractivity contribution is 0.833. The summed E-state index contributed by atoms with van der Waals surface area (Å²) in [5, 5.41) is 0. The summed E-state index contributed by atoms with van der Waals surface area (Å²) >= 11 is 0. The fourth-order valence-corrected chi connectivity index (χ4v) is 2.96. The quantitative estimate of drug-likeness (QED) is 0.773. The standard InChI is InChI=1S/C18H23N/c1-11(2)13-7-8-16-14(9-13)5-6-15-10-17(12(3)4)19-18(15)16/h7-12,19H,5-6H2,1-4H3. The van der Waals surface area contributed by atoms with Crippen molar-refractivity contribution in [1.82, 2.24) is 4.98 Å². The molecule has 100 valence electrons. The van der Waals surface area contributed by atoms with Gasteiger partial charge in [-0.3, -0.25) is 0 Å². The molecule has 2 aromatic rings. The van der Waals surface area contributed by atoms with Crippen LogP contribution in [0.3, 0.4) is 0 Å². The average molecular weight is 253 g/mol. The Hall–Kier alpha value is -1.50. The Morgan fingerprint density at radius 1 is 0.895 bits per heavy atom. The molecule has 1 aromatic carbocycles. The van der Waals surface area contributed by atoms with Crippen LogP contribution in [0, 0.1) is 0 Å². The van der Waals surface area contributed by atoms with Gasteiger partial charge in [-0.15, -0.1) is 0 Å². The number of rotatable bonds is 2. The van der Waals surface area contributed by atoms with Crippen molar-refractivity contribution < 1.29 is 0 Å². The maximum Gasteiger partial charge on any atom is 0.0491 e. The van der Waals surface area contributed by atoms with Crippen molar-refractivity contribution in [2.75, 3.05) is 0 Å². The number of aromatic nitrogens is 1. The van der Waals surface area contributed by atoms with E-state index in [2.05, 4.69) is 56.9 Å². The van der Waals surface area contributed by atoms with Gasteiger partial charge in [-0.25, -0.2) is 0 Å². The van der Waals surface area contributed by atoms with Gasteiger partial charge in [0.1, 0.15) is 0 Å². The summed E-state index contributed by atoms with van der Waals surface area (Å²) in [6.45, 7) is 9.03. The molecule has 1 aliphatic carbocycles. The van der Waals surface area contributed by atoms with Crippen molar-refractivity contribution in [1.29, 1.82) is 0 Å². The molecule has 0 aliphatic heterocycles. The minimum atomic E-state index is 0.573. The first kappa shape index (κ1) is 12.5. The van der Waals surface area contributed by atoms with Crippen LogP contribution in [0.1, 0.15) is 61.9 Å². The van der Waals surface area contributed by atoms with Crippen LogP contribution in [0.15, 0.2) is 24.3 Å². The first-order chi connectivity index (χ1) is 9.06. The van der Waals surface area contributed by atoms with Gasteiger partial charge in [0.15, 0.2) is 0 Å². The van der Waals surface area contributed by atoms with Crippen LogP contribution < -0.4 is 0 Å². The van der Waals surface area contributed by atoms with Crippen LogP contribution in [-0.4, -0.2) is 4.98 Å². The van der Waals surface area contributed by atoms with Gasteiger partial charge in [-0.2, -0.15) is 0 Å². The molecule has 0 amide bonds. The Morgan fingerprint density at radius 2 is 1.63 bits per heavy atom. The topological polar surface area (TPSA) is 15.8 Å². The number of aryl methyl sites for hydroxylation is 2. The third-order valence-corrected chi connectivity index (χ3v) is 4.27. The molecular formula is C18H23N. The molecule has 0 saturated carbocycles. The maximum atomic E-state index is 3.64. The van der Waals surface area contributed by atoms with Crippen molar-refractivity contribution in [2.45, 2.75) is 52.4 Å². The molecule has 1 heterocycles. The molecule has 0 unspecified atom stereocenters. The van der Waals surface area contributed by atoms with Crippen molar-refractivity contribution in [3.8, 4) is 11.3 Å². The molecular weight excluding hydrogens is 230 g/mol. The first-order valence-corrected chi connectivity index (χ1v) is 7.41. The lowest BCUT2D eigenvalue weighted by Crippen LogP contribution is -2.03. The number of fused-ring (bicyclic) bond motifs is 3. The minimum absolute atomic E-state index is 0.573. The number of H-pyrrole nitrogens is 1. The predicted octanol–water partition coefficient (Wildman–Crippen LogP) is 5.03. The Morgan fingerprint density at radius 3 is 2.32 bits per heavy atom. The minimum Gasteiger partial charge on any atom is -0.358 e. The van der Waals surface area contributed by atoms with Crippen LogP contribution in [0.5, 0.6) is 0 Å². The lowest BCUT2D eigenvalue weighted by Gasteiger charge is -2.18. The highest BCUT2D eigenvalue weighted by molar-refractivity contribution is 5.71. The maximum absolute atomic E-state index is 3.64. The smallest absolute Gasteiger partial charge is 0.0491 e. The summed E-state index contributed by atoms with van der Waals surface area (Å²) in [4.78, 5) is 3.64. The van der Waals surface area contributed by atoms with E-state index >= 15 is 0 Å². The van der Waals surface area contributed by atoms with E-state index in [0.29, 0.717) is 11.8 Å². The molecule has 1 aliphatic rings. The predicted molar refractivity (Wildman–Crippen MR) is 81.8 cm³/mol. The number of aromatic amines is 1. The molecule has 0 spiro atoms. The lowest BCUT2D eigenvalue weighted by atomic mass is 9.87. The third kappa shape index (κ3) is 2.11. The van der Waals surface area contributed by atoms with E-state index in [4.69, 9.17) is 0 Å². The molecule has 19 heavy (non-hydrogen) atoms. The highest BCUT2D eigenvalue weighted by atomic mass is 14.7. The summed E-state index contributed by atoms with van der Waals surface area (Å²) in [6.07, 6.45) is 2.35. The zero-order chi connectivity index (χ0) is 13.6. The Balaban J connectivity index is 2.08. The SMILES string of the molecule is CC(C)c1ccc2c(c1)CCc1cc(C(C)C)[nH]c1-2. The first-order valence-electron chi connectivity index (χ1n) is 7.41. The summed E-state index contributed by atoms with van der Waals surface area (Å²) in [6, 6.07) is 9.36. The van der Waals surface area contributed by atoms with E-state index < -0.39 is 0 Å². The van der Waals surface area contributed by atoms with Gasteiger partial charge in [-0.1, -0.05) is 45.9 Å². The number of hydrogen-bond acceptors (Lipinski definition) is 0. The van der Waals surface area contributed by atoms with E-state index in [-0.39, 0.29) is 0 Å².